The first-order valence-electron chi connectivity index (χ1n) is 5.25. The largest absolute Gasteiger partial charge is 0.416 e. The maximum atomic E-state index is 12.6. The van der Waals surface area contributed by atoms with Crippen LogP contribution < -0.4 is 0 Å². The summed E-state index contributed by atoms with van der Waals surface area (Å²) in [6.07, 6.45) is -4.41. The molecule has 0 N–H and O–H groups in total. The molecule has 0 saturated heterocycles. The molecule has 5 heteroatoms. The molecule has 0 bridgehead atoms. The van der Waals surface area contributed by atoms with Crippen molar-refractivity contribution in [2.24, 2.45) is 0 Å². The monoisotopic (exact) mass is 267 g/mol. The lowest BCUT2D eigenvalue weighted by Crippen LogP contribution is -2.16. The summed E-state index contributed by atoms with van der Waals surface area (Å²) in [6, 6.07) is 3.03. The average molecular weight is 267 g/mol. The first kappa shape index (κ1) is 14.3. The zero-order valence-corrected chi connectivity index (χ0v) is 11.3. The van der Waals surface area contributed by atoms with E-state index in [4.69, 9.17) is 6.57 Å². The van der Waals surface area contributed by atoms with E-state index < -0.39 is 19.8 Å². The normalized spacial score (nSPS) is 11.4. The second-order valence-corrected chi connectivity index (χ2v) is 9.59. The van der Waals surface area contributed by atoms with Crippen LogP contribution in [0.15, 0.2) is 18.2 Å². The lowest BCUT2D eigenvalue weighted by Gasteiger charge is -2.08. The fraction of sp³-hybridized carbons (Fsp3) is 0.308. The van der Waals surface area contributed by atoms with E-state index in [9.17, 15) is 13.2 Å². The van der Waals surface area contributed by atoms with Crippen LogP contribution in [0.4, 0.5) is 18.9 Å². The third-order valence-corrected chi connectivity index (χ3v) is 2.89. The van der Waals surface area contributed by atoms with Crippen molar-refractivity contribution < 1.29 is 13.2 Å². The molecule has 0 aliphatic carbocycles. The van der Waals surface area contributed by atoms with Crippen LogP contribution in [0.1, 0.15) is 11.1 Å². The minimum atomic E-state index is -4.41. The summed E-state index contributed by atoms with van der Waals surface area (Å²) in [4.78, 5) is 3.19. The number of hydrogen-bond acceptors (Lipinski definition) is 0. The van der Waals surface area contributed by atoms with E-state index in [2.05, 4.69) is 16.3 Å². The number of alkyl halides is 3. The third kappa shape index (κ3) is 3.94. The summed E-state index contributed by atoms with van der Waals surface area (Å²) in [5.74, 6) is 2.71. The van der Waals surface area contributed by atoms with Gasteiger partial charge in [0.2, 0.25) is 5.69 Å². The van der Waals surface area contributed by atoms with E-state index in [0.717, 1.165) is 12.1 Å². The molecule has 0 heterocycles. The summed E-state index contributed by atoms with van der Waals surface area (Å²) in [5.41, 5.74) is 2.52. The highest BCUT2D eigenvalue weighted by Crippen LogP contribution is 2.32. The molecule has 0 saturated carbocycles. The van der Waals surface area contributed by atoms with Gasteiger partial charge in [-0.1, -0.05) is 37.7 Å². The van der Waals surface area contributed by atoms with Crippen LogP contribution in [0.5, 0.6) is 0 Å². The molecule has 94 valence electrons. The Hall–Kier alpha value is -1.72. The van der Waals surface area contributed by atoms with E-state index in [1.165, 1.54) is 6.07 Å². The Morgan fingerprint density at radius 1 is 1.22 bits per heavy atom. The van der Waals surface area contributed by atoms with Crippen LogP contribution in [0.25, 0.3) is 4.85 Å². The highest BCUT2D eigenvalue weighted by Gasteiger charge is 2.30. The summed E-state index contributed by atoms with van der Waals surface area (Å²) in [5, 5.41) is 0. The Morgan fingerprint density at radius 2 is 1.83 bits per heavy atom. The molecule has 0 amide bonds. The number of hydrogen-bond donors (Lipinski definition) is 0. The van der Waals surface area contributed by atoms with Crippen LogP contribution in [-0.2, 0) is 6.18 Å². The smallest absolute Gasteiger partial charge is 0.237 e. The maximum absolute atomic E-state index is 12.6. The summed E-state index contributed by atoms with van der Waals surface area (Å²) in [7, 11) is -1.68. The molecule has 0 aliphatic heterocycles. The minimum absolute atomic E-state index is 0.155. The van der Waals surface area contributed by atoms with Gasteiger partial charge >= 0.3 is 6.18 Å². The Bertz CT molecular complexity index is 551. The number of nitrogens with zero attached hydrogens (tertiary/aromatic N) is 1. The van der Waals surface area contributed by atoms with Crippen molar-refractivity contribution in [3.05, 3.63) is 40.7 Å². The van der Waals surface area contributed by atoms with Crippen LogP contribution >= 0.6 is 0 Å². The van der Waals surface area contributed by atoms with Gasteiger partial charge in [-0.05, 0) is 6.07 Å². The molecular weight excluding hydrogens is 255 g/mol. The van der Waals surface area contributed by atoms with Crippen molar-refractivity contribution in [3.8, 4) is 11.5 Å². The quantitative estimate of drug-likeness (QED) is 0.371. The van der Waals surface area contributed by atoms with Gasteiger partial charge in [-0.25, -0.2) is 4.85 Å². The molecule has 1 nitrogen and oxygen atoms in total. The van der Waals surface area contributed by atoms with E-state index in [1.807, 2.05) is 19.6 Å². The van der Waals surface area contributed by atoms with Gasteiger partial charge < -0.3 is 0 Å². The molecule has 1 aromatic carbocycles. The predicted octanol–water partition coefficient (Wildman–Crippen LogP) is 4.49. The summed E-state index contributed by atoms with van der Waals surface area (Å²) in [6.45, 7) is 12.9. The Labute approximate surface area is 105 Å². The number of benzene rings is 1. The van der Waals surface area contributed by atoms with Gasteiger partial charge in [-0.3, -0.25) is 0 Å². The van der Waals surface area contributed by atoms with Gasteiger partial charge in [0, 0.05) is 5.56 Å². The number of halogens is 3. The van der Waals surface area contributed by atoms with Gasteiger partial charge in [0.05, 0.1) is 12.1 Å². The molecule has 0 radical (unpaired) electrons. The van der Waals surface area contributed by atoms with E-state index in [1.54, 1.807) is 0 Å². The van der Waals surface area contributed by atoms with Crippen LogP contribution in [-0.4, -0.2) is 8.07 Å². The van der Waals surface area contributed by atoms with Crippen LogP contribution in [0.3, 0.4) is 0 Å². The van der Waals surface area contributed by atoms with E-state index >= 15 is 0 Å². The molecule has 0 unspecified atom stereocenters. The average Bonchev–Trinajstić information content (AvgIpc) is 2.23. The molecular formula is C13H12F3NSi. The highest BCUT2D eigenvalue weighted by atomic mass is 28.3. The zero-order valence-electron chi connectivity index (χ0n) is 10.3. The second kappa shape index (κ2) is 4.87. The first-order chi connectivity index (χ1) is 8.13. The standard InChI is InChI=1S/C13H12F3NSi/c1-17-12-6-5-11(13(14,15)16)9-10(12)7-8-18(2,3)4/h5-6,9H,2-4H3. The van der Waals surface area contributed by atoms with Crippen molar-refractivity contribution in [3.63, 3.8) is 0 Å². The van der Waals surface area contributed by atoms with Gasteiger partial charge in [-0.2, -0.15) is 13.2 Å². The lowest BCUT2D eigenvalue weighted by atomic mass is 10.1. The Balaban J connectivity index is 3.32. The van der Waals surface area contributed by atoms with Crippen LogP contribution in [0.2, 0.25) is 19.6 Å². The molecule has 0 aliphatic rings. The molecule has 1 aromatic rings. The van der Waals surface area contributed by atoms with Gasteiger partial charge in [0.15, 0.2) is 0 Å². The molecule has 18 heavy (non-hydrogen) atoms. The molecule has 1 rings (SSSR count). The van der Waals surface area contributed by atoms with Crippen molar-refractivity contribution in [2.75, 3.05) is 0 Å². The molecule has 0 atom stereocenters. The minimum Gasteiger partial charge on any atom is -0.237 e. The fourth-order valence-corrected chi connectivity index (χ4v) is 1.67. The summed E-state index contributed by atoms with van der Waals surface area (Å²) < 4.78 is 37.7. The van der Waals surface area contributed by atoms with Gasteiger partial charge in [-0.15, -0.1) is 5.54 Å². The van der Waals surface area contributed by atoms with Crippen molar-refractivity contribution >= 4 is 13.8 Å². The molecule has 0 spiro atoms. The van der Waals surface area contributed by atoms with Crippen molar-refractivity contribution in [1.82, 2.24) is 0 Å². The third-order valence-electron chi connectivity index (χ3n) is 2.02. The van der Waals surface area contributed by atoms with Crippen molar-refractivity contribution in [2.45, 2.75) is 25.8 Å². The maximum Gasteiger partial charge on any atom is 0.416 e. The molecule has 0 fully saturated rings. The second-order valence-electron chi connectivity index (χ2n) is 4.84. The highest BCUT2D eigenvalue weighted by molar-refractivity contribution is 6.83. The van der Waals surface area contributed by atoms with Crippen LogP contribution in [0, 0.1) is 18.0 Å². The summed E-state index contributed by atoms with van der Waals surface area (Å²) >= 11 is 0. The number of rotatable bonds is 0. The zero-order chi connectivity index (χ0) is 14.0. The van der Waals surface area contributed by atoms with E-state index in [0.29, 0.717) is 0 Å². The SMILES string of the molecule is [C-]#[N+]c1ccc(C(F)(F)F)cc1C#C[Si](C)(C)C. The predicted molar refractivity (Wildman–Crippen MR) is 67.9 cm³/mol. The Morgan fingerprint density at radius 3 is 2.28 bits per heavy atom. The topological polar surface area (TPSA) is 4.36 Å². The first-order valence-corrected chi connectivity index (χ1v) is 8.75. The van der Waals surface area contributed by atoms with Gasteiger partial charge in [0.1, 0.15) is 8.07 Å². The van der Waals surface area contributed by atoms with E-state index in [-0.39, 0.29) is 11.3 Å². The fourth-order valence-electron chi connectivity index (χ4n) is 1.16. The molecule has 0 aromatic heterocycles. The van der Waals surface area contributed by atoms with Crippen molar-refractivity contribution in [1.29, 1.82) is 0 Å². The van der Waals surface area contributed by atoms with Gasteiger partial charge in [0.25, 0.3) is 0 Å². The Kier molecular flexibility index (Phi) is 3.88. The lowest BCUT2D eigenvalue weighted by molar-refractivity contribution is -0.137.